The van der Waals surface area contributed by atoms with E-state index in [0.29, 0.717) is 4.47 Å². The molecule has 0 bridgehead atoms. The van der Waals surface area contributed by atoms with Gasteiger partial charge in [-0.1, -0.05) is 58.4 Å². The molecule has 0 unspecified atom stereocenters. The molecule has 4 nitrogen and oxygen atoms in total. The maximum Gasteiger partial charge on any atom is 0.238 e. The van der Waals surface area contributed by atoms with Crippen molar-refractivity contribution < 1.29 is 13.9 Å². The van der Waals surface area contributed by atoms with Gasteiger partial charge in [-0.05, 0) is 41.5 Å². The number of ether oxygens (including phenoxy) is 1. The number of amides is 1. The molecule has 0 aromatic heterocycles. The van der Waals surface area contributed by atoms with Crippen LogP contribution in [-0.2, 0) is 4.79 Å². The lowest BCUT2D eigenvalue weighted by molar-refractivity contribution is -0.115. The first-order valence-corrected chi connectivity index (χ1v) is 9.53. The zero-order valence-corrected chi connectivity index (χ0v) is 16.9. The number of halogens is 2. The third kappa shape index (κ3) is 5.18. The van der Waals surface area contributed by atoms with Crippen LogP contribution in [0.15, 0.2) is 77.3 Å². The molecule has 6 heteroatoms. The molecule has 0 fully saturated rings. The first-order valence-electron chi connectivity index (χ1n) is 8.74. The van der Waals surface area contributed by atoms with E-state index in [4.69, 9.17) is 4.74 Å². The average molecular weight is 443 g/mol. The van der Waals surface area contributed by atoms with Gasteiger partial charge in [0.1, 0.15) is 11.6 Å². The van der Waals surface area contributed by atoms with Crippen molar-refractivity contribution in [2.24, 2.45) is 0 Å². The molecule has 0 aliphatic heterocycles. The highest BCUT2D eigenvalue weighted by Gasteiger charge is 2.16. The summed E-state index contributed by atoms with van der Waals surface area (Å²) in [5.41, 5.74) is 2.17. The fourth-order valence-electron chi connectivity index (χ4n) is 2.85. The number of benzene rings is 3. The molecule has 1 amide bonds. The summed E-state index contributed by atoms with van der Waals surface area (Å²) in [6, 6.07) is 21.8. The smallest absolute Gasteiger partial charge is 0.238 e. The minimum Gasteiger partial charge on any atom is -0.497 e. The number of rotatable bonds is 7. The lowest BCUT2D eigenvalue weighted by atomic mass is 9.98. The van der Waals surface area contributed by atoms with Crippen molar-refractivity contribution in [2.45, 2.75) is 6.04 Å². The predicted octanol–water partition coefficient (Wildman–Crippen LogP) is 4.91. The van der Waals surface area contributed by atoms with Gasteiger partial charge in [-0.25, -0.2) is 4.39 Å². The Labute approximate surface area is 171 Å². The largest absolute Gasteiger partial charge is 0.497 e. The Morgan fingerprint density at radius 3 is 2.36 bits per heavy atom. The van der Waals surface area contributed by atoms with Gasteiger partial charge in [-0.3, -0.25) is 10.1 Å². The molecule has 2 N–H and O–H groups in total. The van der Waals surface area contributed by atoms with E-state index < -0.39 is 5.82 Å². The van der Waals surface area contributed by atoms with Gasteiger partial charge in [0.15, 0.2) is 0 Å². The van der Waals surface area contributed by atoms with Gasteiger partial charge in [0, 0.05) is 4.47 Å². The SMILES string of the molecule is COc1ccc([C@@H](NCC(=O)Nc2ccc(Br)cc2F)c2ccccc2)cc1. The lowest BCUT2D eigenvalue weighted by Gasteiger charge is -2.20. The minimum atomic E-state index is -0.488. The van der Waals surface area contributed by atoms with Crippen molar-refractivity contribution in [1.29, 1.82) is 0 Å². The van der Waals surface area contributed by atoms with Crippen LogP contribution in [0.4, 0.5) is 10.1 Å². The Morgan fingerprint density at radius 2 is 1.71 bits per heavy atom. The lowest BCUT2D eigenvalue weighted by Crippen LogP contribution is -2.32. The van der Waals surface area contributed by atoms with Crippen LogP contribution in [0.1, 0.15) is 17.2 Å². The van der Waals surface area contributed by atoms with E-state index in [1.807, 2.05) is 54.6 Å². The number of carbonyl (C=O) groups excluding carboxylic acids is 1. The molecule has 3 aromatic rings. The molecule has 0 aliphatic rings. The summed E-state index contributed by atoms with van der Waals surface area (Å²) in [5.74, 6) is -0.0489. The molecule has 144 valence electrons. The molecule has 0 radical (unpaired) electrons. The molecule has 3 aromatic carbocycles. The zero-order chi connectivity index (χ0) is 19.9. The Hall–Kier alpha value is -2.70. The standard InChI is InChI=1S/C22H20BrFN2O2/c1-28-18-10-7-16(8-11-18)22(15-5-3-2-4-6-15)25-14-21(27)26-20-12-9-17(23)13-19(20)24/h2-13,22,25H,14H2,1H3,(H,26,27)/t22-/m0/s1. The van der Waals surface area contributed by atoms with Crippen LogP contribution >= 0.6 is 15.9 Å². The summed E-state index contributed by atoms with van der Waals surface area (Å²) in [6.45, 7) is 0.0289. The van der Waals surface area contributed by atoms with Crippen LogP contribution in [0.3, 0.4) is 0 Å². The Bertz CT molecular complexity index is 933. The molecule has 0 aliphatic carbocycles. The Balaban J connectivity index is 1.73. The number of carbonyl (C=O) groups is 1. The number of nitrogens with one attached hydrogen (secondary N) is 2. The maximum absolute atomic E-state index is 13.9. The summed E-state index contributed by atoms with van der Waals surface area (Å²) in [7, 11) is 1.62. The van der Waals surface area contributed by atoms with Crippen LogP contribution in [0.2, 0.25) is 0 Å². The minimum absolute atomic E-state index is 0.0289. The number of anilines is 1. The van der Waals surface area contributed by atoms with E-state index in [1.165, 1.54) is 12.1 Å². The van der Waals surface area contributed by atoms with Crippen LogP contribution in [0, 0.1) is 5.82 Å². The van der Waals surface area contributed by atoms with Crippen molar-refractivity contribution in [3.63, 3.8) is 0 Å². The predicted molar refractivity (Wildman–Crippen MR) is 112 cm³/mol. The molecule has 0 saturated carbocycles. The summed E-state index contributed by atoms with van der Waals surface area (Å²) in [5, 5.41) is 5.85. The third-order valence-electron chi connectivity index (χ3n) is 4.25. The van der Waals surface area contributed by atoms with Crippen LogP contribution in [0.5, 0.6) is 5.75 Å². The van der Waals surface area contributed by atoms with E-state index in [0.717, 1.165) is 16.9 Å². The third-order valence-corrected chi connectivity index (χ3v) is 4.75. The van der Waals surface area contributed by atoms with E-state index in [1.54, 1.807) is 13.2 Å². The van der Waals surface area contributed by atoms with Gasteiger partial charge in [-0.15, -0.1) is 0 Å². The maximum atomic E-state index is 13.9. The molecule has 3 rings (SSSR count). The first-order chi connectivity index (χ1) is 13.6. The van der Waals surface area contributed by atoms with E-state index in [2.05, 4.69) is 26.6 Å². The molecule has 28 heavy (non-hydrogen) atoms. The number of hydrogen-bond acceptors (Lipinski definition) is 3. The Kier molecular flexibility index (Phi) is 6.79. The molecule has 0 saturated heterocycles. The second-order valence-electron chi connectivity index (χ2n) is 6.17. The quantitative estimate of drug-likeness (QED) is 0.546. The van der Waals surface area contributed by atoms with Crippen molar-refractivity contribution in [3.05, 3.63) is 94.2 Å². The van der Waals surface area contributed by atoms with Gasteiger partial charge in [0.25, 0.3) is 0 Å². The molecule has 0 spiro atoms. The summed E-state index contributed by atoms with van der Waals surface area (Å²) < 4.78 is 19.8. The molecular formula is C22H20BrFN2O2. The molecular weight excluding hydrogens is 423 g/mol. The Morgan fingerprint density at radius 1 is 1.04 bits per heavy atom. The van der Waals surface area contributed by atoms with Gasteiger partial charge >= 0.3 is 0 Å². The fraction of sp³-hybridized carbons (Fsp3) is 0.136. The first kappa shape index (κ1) is 20.0. The number of methoxy groups -OCH3 is 1. The van der Waals surface area contributed by atoms with E-state index in [-0.39, 0.29) is 24.2 Å². The van der Waals surface area contributed by atoms with E-state index >= 15 is 0 Å². The van der Waals surface area contributed by atoms with Crippen molar-refractivity contribution in [2.75, 3.05) is 19.0 Å². The number of hydrogen-bond donors (Lipinski definition) is 2. The topological polar surface area (TPSA) is 50.4 Å². The van der Waals surface area contributed by atoms with Crippen LogP contribution in [-0.4, -0.2) is 19.6 Å². The normalized spacial score (nSPS) is 11.7. The zero-order valence-electron chi connectivity index (χ0n) is 15.3. The van der Waals surface area contributed by atoms with Crippen LogP contribution < -0.4 is 15.4 Å². The molecule has 1 atom stereocenters. The van der Waals surface area contributed by atoms with Gasteiger partial charge in [0.05, 0.1) is 25.4 Å². The van der Waals surface area contributed by atoms with Crippen molar-refractivity contribution in [1.82, 2.24) is 5.32 Å². The van der Waals surface area contributed by atoms with Crippen molar-refractivity contribution >= 4 is 27.5 Å². The van der Waals surface area contributed by atoms with Gasteiger partial charge in [0.2, 0.25) is 5.91 Å². The highest BCUT2D eigenvalue weighted by molar-refractivity contribution is 9.10. The summed E-state index contributed by atoms with van der Waals surface area (Å²) >= 11 is 3.20. The highest BCUT2D eigenvalue weighted by atomic mass is 79.9. The highest BCUT2D eigenvalue weighted by Crippen LogP contribution is 2.24. The van der Waals surface area contributed by atoms with Gasteiger partial charge < -0.3 is 10.1 Å². The average Bonchev–Trinajstić information content (AvgIpc) is 2.71. The second kappa shape index (κ2) is 9.48. The van der Waals surface area contributed by atoms with Gasteiger partial charge in [-0.2, -0.15) is 0 Å². The summed E-state index contributed by atoms with van der Waals surface area (Å²) in [4.78, 5) is 12.3. The summed E-state index contributed by atoms with van der Waals surface area (Å²) in [6.07, 6.45) is 0. The van der Waals surface area contributed by atoms with Crippen molar-refractivity contribution in [3.8, 4) is 5.75 Å². The van der Waals surface area contributed by atoms with E-state index in [9.17, 15) is 9.18 Å². The van der Waals surface area contributed by atoms with Crippen LogP contribution in [0.25, 0.3) is 0 Å². The molecule has 0 heterocycles. The second-order valence-corrected chi connectivity index (χ2v) is 7.09. The monoisotopic (exact) mass is 442 g/mol. The fourth-order valence-corrected chi connectivity index (χ4v) is 3.18.